The van der Waals surface area contributed by atoms with E-state index in [9.17, 15) is 9.59 Å². The number of carboxylic acid groups (broad SMARTS) is 1. The number of nitrogens with zero attached hydrogens (tertiary/aromatic N) is 2. The number of unbranched alkanes of at least 4 members (excludes halogenated alkanes) is 2. The van der Waals surface area contributed by atoms with E-state index in [1.54, 1.807) is 4.90 Å². The standard InChI is InChI=1S/C14H27N3O3S/c1-21-11-4-2-3-6-15-14(20)17-8-5-7-16(9-10-17)12-13(18)19/h2-12H2,1H3,(H,15,20)(H,18,19). The highest BCUT2D eigenvalue weighted by atomic mass is 32.2. The fourth-order valence-corrected chi connectivity index (χ4v) is 2.87. The van der Waals surface area contributed by atoms with E-state index in [-0.39, 0.29) is 12.6 Å². The molecule has 2 N–H and O–H groups in total. The van der Waals surface area contributed by atoms with Gasteiger partial charge in [-0.3, -0.25) is 9.69 Å². The summed E-state index contributed by atoms with van der Waals surface area (Å²) in [7, 11) is 0. The summed E-state index contributed by atoms with van der Waals surface area (Å²) in [6, 6.07) is -0.0166. The van der Waals surface area contributed by atoms with Gasteiger partial charge in [-0.15, -0.1) is 0 Å². The molecule has 21 heavy (non-hydrogen) atoms. The third kappa shape index (κ3) is 8.16. The van der Waals surface area contributed by atoms with Crippen molar-refractivity contribution in [2.24, 2.45) is 0 Å². The molecule has 0 spiro atoms. The van der Waals surface area contributed by atoms with Crippen LogP contribution in [0.25, 0.3) is 0 Å². The normalized spacial score (nSPS) is 16.5. The third-order valence-corrected chi connectivity index (χ3v) is 4.23. The fourth-order valence-electron chi connectivity index (χ4n) is 2.38. The number of hydrogen-bond acceptors (Lipinski definition) is 4. The summed E-state index contributed by atoms with van der Waals surface area (Å²) in [5, 5.41) is 11.8. The number of hydrogen-bond donors (Lipinski definition) is 2. The molecular formula is C14H27N3O3S. The summed E-state index contributed by atoms with van der Waals surface area (Å²) in [6.45, 7) is 3.46. The zero-order valence-electron chi connectivity index (χ0n) is 12.8. The van der Waals surface area contributed by atoms with Crippen LogP contribution in [0.5, 0.6) is 0 Å². The van der Waals surface area contributed by atoms with E-state index < -0.39 is 5.97 Å². The summed E-state index contributed by atoms with van der Waals surface area (Å²) in [5.41, 5.74) is 0. The first-order valence-electron chi connectivity index (χ1n) is 7.59. The number of amides is 2. The van der Waals surface area contributed by atoms with Gasteiger partial charge in [0.05, 0.1) is 6.54 Å². The summed E-state index contributed by atoms with van der Waals surface area (Å²) in [5.74, 6) is 0.373. The van der Waals surface area contributed by atoms with Gasteiger partial charge in [0.15, 0.2) is 0 Å². The van der Waals surface area contributed by atoms with Crippen molar-refractivity contribution in [2.45, 2.75) is 25.7 Å². The quantitative estimate of drug-likeness (QED) is 0.661. The lowest BCUT2D eigenvalue weighted by Gasteiger charge is -2.21. The van der Waals surface area contributed by atoms with Crippen LogP contribution in [0.3, 0.4) is 0 Å². The predicted molar refractivity (Wildman–Crippen MR) is 85.9 cm³/mol. The lowest BCUT2D eigenvalue weighted by Crippen LogP contribution is -2.42. The Morgan fingerprint density at radius 3 is 2.67 bits per heavy atom. The van der Waals surface area contributed by atoms with E-state index >= 15 is 0 Å². The average Bonchev–Trinajstić information content (AvgIpc) is 2.67. The van der Waals surface area contributed by atoms with Gasteiger partial charge in [-0.2, -0.15) is 11.8 Å². The maximum atomic E-state index is 12.0. The molecule has 0 radical (unpaired) electrons. The Labute approximate surface area is 131 Å². The van der Waals surface area contributed by atoms with E-state index in [4.69, 9.17) is 5.11 Å². The van der Waals surface area contributed by atoms with Crippen LogP contribution in [0.4, 0.5) is 4.79 Å². The van der Waals surface area contributed by atoms with Gasteiger partial charge in [0.1, 0.15) is 0 Å². The van der Waals surface area contributed by atoms with E-state index in [0.29, 0.717) is 19.6 Å². The smallest absolute Gasteiger partial charge is 0.317 e. The molecule has 0 bridgehead atoms. The maximum Gasteiger partial charge on any atom is 0.317 e. The summed E-state index contributed by atoms with van der Waals surface area (Å²) in [6.07, 6.45) is 6.30. The van der Waals surface area contributed by atoms with Crippen LogP contribution in [0.2, 0.25) is 0 Å². The highest BCUT2D eigenvalue weighted by Gasteiger charge is 2.19. The van der Waals surface area contributed by atoms with Crippen LogP contribution >= 0.6 is 11.8 Å². The molecule has 0 unspecified atom stereocenters. The molecule has 0 atom stereocenters. The number of nitrogens with one attached hydrogen (secondary N) is 1. The van der Waals surface area contributed by atoms with Crippen LogP contribution in [-0.4, -0.2) is 78.2 Å². The molecule has 1 rings (SSSR count). The summed E-state index contributed by atoms with van der Waals surface area (Å²) < 4.78 is 0. The molecule has 2 amide bonds. The Bertz CT molecular complexity index is 329. The van der Waals surface area contributed by atoms with Crippen LogP contribution < -0.4 is 5.32 Å². The minimum absolute atomic E-state index is 0.0166. The fraction of sp³-hybridized carbons (Fsp3) is 0.857. The van der Waals surface area contributed by atoms with Crippen molar-refractivity contribution in [1.82, 2.24) is 15.1 Å². The molecule has 7 heteroatoms. The lowest BCUT2D eigenvalue weighted by atomic mass is 10.2. The maximum absolute atomic E-state index is 12.0. The van der Waals surface area contributed by atoms with Crippen molar-refractivity contribution in [3.63, 3.8) is 0 Å². The van der Waals surface area contributed by atoms with Crippen molar-refractivity contribution in [1.29, 1.82) is 0 Å². The van der Waals surface area contributed by atoms with Gasteiger partial charge in [0.2, 0.25) is 0 Å². The molecule has 0 aromatic carbocycles. The number of thioether (sulfide) groups is 1. The Hall–Kier alpha value is -0.950. The molecule has 6 nitrogen and oxygen atoms in total. The molecular weight excluding hydrogens is 290 g/mol. The average molecular weight is 317 g/mol. The number of carbonyl (C=O) groups is 2. The Kier molecular flexibility index (Phi) is 9.25. The first-order chi connectivity index (χ1) is 10.1. The Balaban J connectivity index is 2.17. The van der Waals surface area contributed by atoms with Gasteiger partial charge >= 0.3 is 12.0 Å². The summed E-state index contributed by atoms with van der Waals surface area (Å²) in [4.78, 5) is 26.4. The van der Waals surface area contributed by atoms with E-state index in [2.05, 4.69) is 11.6 Å². The van der Waals surface area contributed by atoms with E-state index in [0.717, 1.165) is 32.4 Å². The van der Waals surface area contributed by atoms with Crippen LogP contribution in [0, 0.1) is 0 Å². The highest BCUT2D eigenvalue weighted by molar-refractivity contribution is 7.98. The lowest BCUT2D eigenvalue weighted by molar-refractivity contribution is -0.138. The monoisotopic (exact) mass is 317 g/mol. The zero-order chi connectivity index (χ0) is 15.5. The molecule has 0 aromatic rings. The van der Waals surface area contributed by atoms with Crippen molar-refractivity contribution in [3.05, 3.63) is 0 Å². The van der Waals surface area contributed by atoms with Crippen molar-refractivity contribution >= 4 is 23.8 Å². The second kappa shape index (κ2) is 10.7. The number of aliphatic carboxylic acids is 1. The molecule has 1 aliphatic rings. The van der Waals surface area contributed by atoms with Crippen LogP contribution in [0.1, 0.15) is 25.7 Å². The van der Waals surface area contributed by atoms with Gasteiger partial charge in [-0.25, -0.2) is 4.79 Å². The minimum Gasteiger partial charge on any atom is -0.480 e. The van der Waals surface area contributed by atoms with Gasteiger partial charge in [0, 0.05) is 32.7 Å². The second-order valence-electron chi connectivity index (χ2n) is 5.30. The molecule has 1 fully saturated rings. The van der Waals surface area contributed by atoms with Gasteiger partial charge in [-0.05, 0) is 31.3 Å². The van der Waals surface area contributed by atoms with Crippen molar-refractivity contribution in [3.8, 4) is 0 Å². The molecule has 1 heterocycles. The molecule has 122 valence electrons. The molecule has 0 saturated carbocycles. The predicted octanol–water partition coefficient (Wildman–Crippen LogP) is 1.32. The summed E-state index contributed by atoms with van der Waals surface area (Å²) >= 11 is 1.85. The van der Waals surface area contributed by atoms with Crippen molar-refractivity contribution in [2.75, 3.05) is 51.3 Å². The van der Waals surface area contributed by atoms with Crippen LogP contribution in [0.15, 0.2) is 0 Å². The first kappa shape index (κ1) is 18.1. The minimum atomic E-state index is -0.807. The topological polar surface area (TPSA) is 72.9 Å². The molecule has 1 aliphatic heterocycles. The van der Waals surface area contributed by atoms with Gasteiger partial charge in [-0.1, -0.05) is 6.42 Å². The van der Waals surface area contributed by atoms with E-state index in [1.807, 2.05) is 16.7 Å². The highest BCUT2D eigenvalue weighted by Crippen LogP contribution is 2.04. The Morgan fingerprint density at radius 2 is 1.95 bits per heavy atom. The van der Waals surface area contributed by atoms with Gasteiger partial charge < -0.3 is 15.3 Å². The second-order valence-corrected chi connectivity index (χ2v) is 6.28. The number of carbonyl (C=O) groups excluding carboxylic acids is 1. The van der Waals surface area contributed by atoms with Crippen LogP contribution in [-0.2, 0) is 4.79 Å². The number of carboxylic acids is 1. The third-order valence-electron chi connectivity index (χ3n) is 3.54. The molecule has 0 aliphatic carbocycles. The van der Waals surface area contributed by atoms with E-state index in [1.165, 1.54) is 12.2 Å². The molecule has 0 aromatic heterocycles. The number of urea groups is 1. The van der Waals surface area contributed by atoms with Crippen molar-refractivity contribution < 1.29 is 14.7 Å². The zero-order valence-corrected chi connectivity index (χ0v) is 13.7. The largest absolute Gasteiger partial charge is 0.480 e. The SMILES string of the molecule is CSCCCCCNC(=O)N1CCCN(CC(=O)O)CC1. The number of rotatable bonds is 8. The Morgan fingerprint density at radius 1 is 1.14 bits per heavy atom. The molecule has 1 saturated heterocycles. The first-order valence-corrected chi connectivity index (χ1v) is 8.98. The van der Waals surface area contributed by atoms with Gasteiger partial charge in [0.25, 0.3) is 0 Å².